The van der Waals surface area contributed by atoms with E-state index >= 15 is 0 Å². The molecule has 0 bridgehead atoms. The summed E-state index contributed by atoms with van der Waals surface area (Å²) in [5.74, 6) is 1.15. The highest BCUT2D eigenvalue weighted by atomic mass is 32.2. The van der Waals surface area contributed by atoms with E-state index in [1.165, 1.54) is 16.7 Å². The average Bonchev–Trinajstić information content (AvgIpc) is 3.49. The summed E-state index contributed by atoms with van der Waals surface area (Å²) in [6.07, 6.45) is -1.39. The van der Waals surface area contributed by atoms with Gasteiger partial charge in [-0.2, -0.15) is 13.2 Å². The van der Waals surface area contributed by atoms with Crippen molar-refractivity contribution in [2.75, 3.05) is 12.5 Å². The van der Waals surface area contributed by atoms with Crippen LogP contribution >= 0.6 is 11.8 Å². The molecule has 2 aromatic carbocycles. The molecule has 34 heavy (non-hydrogen) atoms. The lowest BCUT2D eigenvalue weighted by Crippen LogP contribution is -2.08. The summed E-state index contributed by atoms with van der Waals surface area (Å²) in [7, 11) is 0. The number of alkyl halides is 3. The lowest BCUT2D eigenvalue weighted by atomic mass is 10.1. The fourth-order valence-electron chi connectivity index (χ4n) is 3.38. The van der Waals surface area contributed by atoms with Gasteiger partial charge < -0.3 is 9.47 Å². The first-order valence-corrected chi connectivity index (χ1v) is 11.0. The van der Waals surface area contributed by atoms with E-state index in [9.17, 15) is 18.0 Å². The molecule has 4 aromatic rings. The predicted molar refractivity (Wildman–Crippen MR) is 117 cm³/mol. The molecule has 0 atom stereocenters. The number of pyridine rings is 1. The SMILES string of the molecule is O=C(CSc1nnc(-c2cccnc2)n1-c1cccc(C(F)(F)F)c1)c1ccc2c(c1)OCO2. The lowest BCUT2D eigenvalue weighted by Gasteiger charge is -2.13. The van der Waals surface area contributed by atoms with Crippen molar-refractivity contribution in [1.82, 2.24) is 19.7 Å². The van der Waals surface area contributed by atoms with Crippen molar-refractivity contribution < 1.29 is 27.4 Å². The van der Waals surface area contributed by atoms with Gasteiger partial charge in [-0.15, -0.1) is 10.2 Å². The molecule has 0 aliphatic carbocycles. The summed E-state index contributed by atoms with van der Waals surface area (Å²) >= 11 is 1.07. The number of carbonyl (C=O) groups excluding carboxylic acids is 1. The molecular formula is C23H15F3N4O3S. The molecule has 11 heteroatoms. The Morgan fingerprint density at radius 3 is 2.68 bits per heavy atom. The number of aromatic nitrogens is 4. The van der Waals surface area contributed by atoms with E-state index < -0.39 is 11.7 Å². The van der Waals surface area contributed by atoms with Gasteiger partial charge in [0.2, 0.25) is 6.79 Å². The van der Waals surface area contributed by atoms with E-state index in [4.69, 9.17) is 9.47 Å². The van der Waals surface area contributed by atoms with Crippen LogP contribution in [0.25, 0.3) is 17.1 Å². The fraction of sp³-hybridized carbons (Fsp3) is 0.130. The van der Waals surface area contributed by atoms with E-state index in [2.05, 4.69) is 15.2 Å². The number of ketones is 1. The quantitative estimate of drug-likeness (QED) is 0.280. The van der Waals surface area contributed by atoms with Crippen molar-refractivity contribution in [3.05, 3.63) is 78.1 Å². The lowest BCUT2D eigenvalue weighted by molar-refractivity contribution is -0.137. The van der Waals surface area contributed by atoms with Crippen LogP contribution in [0.3, 0.4) is 0 Å². The monoisotopic (exact) mass is 484 g/mol. The first-order valence-electron chi connectivity index (χ1n) is 9.99. The first kappa shape index (κ1) is 22.0. The first-order chi connectivity index (χ1) is 16.4. The maximum absolute atomic E-state index is 13.4. The van der Waals surface area contributed by atoms with E-state index in [1.54, 1.807) is 42.7 Å². The van der Waals surface area contributed by atoms with Gasteiger partial charge in [0.05, 0.1) is 17.0 Å². The van der Waals surface area contributed by atoms with Crippen molar-refractivity contribution in [1.29, 1.82) is 0 Å². The van der Waals surface area contributed by atoms with Crippen molar-refractivity contribution in [3.63, 3.8) is 0 Å². The zero-order valence-corrected chi connectivity index (χ0v) is 18.1. The molecule has 7 nitrogen and oxygen atoms in total. The number of hydrogen-bond acceptors (Lipinski definition) is 7. The number of hydrogen-bond donors (Lipinski definition) is 0. The van der Waals surface area contributed by atoms with Gasteiger partial charge in [-0.1, -0.05) is 17.8 Å². The van der Waals surface area contributed by atoms with Gasteiger partial charge in [-0.05, 0) is 48.5 Å². The van der Waals surface area contributed by atoms with E-state index in [1.807, 2.05) is 0 Å². The van der Waals surface area contributed by atoms with Crippen LogP contribution in [0.1, 0.15) is 15.9 Å². The highest BCUT2D eigenvalue weighted by Crippen LogP contribution is 2.35. The number of carbonyl (C=O) groups is 1. The van der Waals surface area contributed by atoms with Gasteiger partial charge in [0, 0.05) is 23.5 Å². The zero-order chi connectivity index (χ0) is 23.7. The minimum Gasteiger partial charge on any atom is -0.454 e. The number of thioether (sulfide) groups is 1. The Balaban J connectivity index is 1.48. The molecule has 172 valence electrons. The van der Waals surface area contributed by atoms with E-state index in [-0.39, 0.29) is 29.2 Å². The van der Waals surface area contributed by atoms with Crippen LogP contribution in [0.15, 0.2) is 72.1 Å². The third-order valence-corrected chi connectivity index (χ3v) is 5.94. The minimum atomic E-state index is -4.51. The normalized spacial score (nSPS) is 12.7. The molecule has 0 saturated carbocycles. The summed E-state index contributed by atoms with van der Waals surface area (Å²) in [6.45, 7) is 0.0962. The fourth-order valence-corrected chi connectivity index (χ4v) is 4.23. The molecule has 0 N–H and O–H groups in total. The van der Waals surface area contributed by atoms with Gasteiger partial charge >= 0.3 is 6.18 Å². The van der Waals surface area contributed by atoms with Crippen LogP contribution in [0.4, 0.5) is 13.2 Å². The summed E-state index contributed by atoms with van der Waals surface area (Å²) in [5.41, 5.74) is 0.413. The number of rotatable bonds is 6. The highest BCUT2D eigenvalue weighted by Gasteiger charge is 2.31. The summed E-state index contributed by atoms with van der Waals surface area (Å²) < 4.78 is 52.1. The topological polar surface area (TPSA) is 79.1 Å². The largest absolute Gasteiger partial charge is 0.454 e. The molecule has 0 amide bonds. The van der Waals surface area contributed by atoms with Crippen molar-refractivity contribution in [3.8, 4) is 28.6 Å². The van der Waals surface area contributed by atoms with Crippen LogP contribution in [-0.2, 0) is 6.18 Å². The van der Waals surface area contributed by atoms with Gasteiger partial charge in [-0.25, -0.2) is 0 Å². The maximum Gasteiger partial charge on any atom is 0.416 e. The second kappa shape index (κ2) is 8.82. The van der Waals surface area contributed by atoms with Crippen LogP contribution < -0.4 is 9.47 Å². The van der Waals surface area contributed by atoms with Crippen molar-refractivity contribution in [2.24, 2.45) is 0 Å². The molecule has 0 saturated heterocycles. The number of fused-ring (bicyclic) bond motifs is 1. The molecule has 1 aliphatic heterocycles. The van der Waals surface area contributed by atoms with Gasteiger partial charge in [0.15, 0.2) is 28.3 Å². The molecule has 5 rings (SSSR count). The number of halogens is 3. The smallest absolute Gasteiger partial charge is 0.416 e. The zero-order valence-electron chi connectivity index (χ0n) is 17.3. The number of benzene rings is 2. The molecule has 0 unspecified atom stereocenters. The summed E-state index contributed by atoms with van der Waals surface area (Å²) in [6, 6.07) is 13.2. The second-order valence-corrected chi connectivity index (χ2v) is 8.15. The van der Waals surface area contributed by atoms with Gasteiger partial charge in [0.1, 0.15) is 0 Å². The number of nitrogens with zero attached hydrogens (tertiary/aromatic N) is 4. The summed E-state index contributed by atoms with van der Waals surface area (Å²) in [4.78, 5) is 16.9. The second-order valence-electron chi connectivity index (χ2n) is 7.21. The molecule has 2 aromatic heterocycles. The Hall–Kier alpha value is -3.86. The average molecular weight is 484 g/mol. The van der Waals surface area contributed by atoms with Crippen molar-refractivity contribution >= 4 is 17.5 Å². The Morgan fingerprint density at radius 1 is 1.03 bits per heavy atom. The van der Waals surface area contributed by atoms with Crippen LogP contribution in [0.2, 0.25) is 0 Å². The Bertz CT molecular complexity index is 1360. The predicted octanol–water partition coefficient (Wildman–Crippen LogP) is 5.05. The third kappa shape index (κ3) is 4.34. The number of ether oxygens (including phenoxy) is 2. The molecular weight excluding hydrogens is 469 g/mol. The molecule has 1 aliphatic rings. The van der Waals surface area contributed by atoms with Crippen LogP contribution in [-0.4, -0.2) is 38.1 Å². The van der Waals surface area contributed by atoms with Gasteiger partial charge in [-0.3, -0.25) is 14.3 Å². The van der Waals surface area contributed by atoms with Crippen LogP contribution in [0.5, 0.6) is 11.5 Å². The Labute approximate surface area is 195 Å². The Morgan fingerprint density at radius 2 is 1.88 bits per heavy atom. The summed E-state index contributed by atoms with van der Waals surface area (Å²) in [5, 5.41) is 8.60. The standard InChI is InChI=1S/C23H15F3N4O3S/c24-23(25,26)16-4-1-5-17(10-16)30-21(15-3-2-8-27-11-15)28-29-22(30)34-12-18(31)14-6-7-19-20(9-14)33-13-32-19/h1-11H,12-13H2. The highest BCUT2D eigenvalue weighted by molar-refractivity contribution is 7.99. The van der Waals surface area contributed by atoms with Crippen LogP contribution in [0, 0.1) is 0 Å². The molecule has 0 radical (unpaired) electrons. The maximum atomic E-state index is 13.4. The Kier molecular flexibility index (Phi) is 5.70. The third-order valence-electron chi connectivity index (χ3n) is 5.01. The molecule has 0 fully saturated rings. The van der Waals surface area contributed by atoms with Crippen molar-refractivity contribution in [2.45, 2.75) is 11.3 Å². The van der Waals surface area contributed by atoms with E-state index in [0.717, 1.165) is 23.9 Å². The molecule has 0 spiro atoms. The van der Waals surface area contributed by atoms with E-state index in [0.29, 0.717) is 28.5 Å². The minimum absolute atomic E-state index is 0.0101. The van der Waals surface area contributed by atoms with Gasteiger partial charge in [0.25, 0.3) is 0 Å². The number of Topliss-reactive ketones (excluding diaryl/α,β-unsaturated/α-hetero) is 1. The molecule has 3 heterocycles.